The normalized spacial score (nSPS) is 18.6. The lowest BCUT2D eigenvalue weighted by Gasteiger charge is -2.21. The predicted molar refractivity (Wildman–Crippen MR) is 85.2 cm³/mol. The van der Waals surface area contributed by atoms with Crippen molar-refractivity contribution >= 4 is 0 Å². The van der Waals surface area contributed by atoms with Crippen molar-refractivity contribution in [3.05, 3.63) is 35.7 Å². The Morgan fingerprint density at radius 3 is 2.57 bits per heavy atom. The third-order valence-electron chi connectivity index (χ3n) is 4.27. The Labute approximate surface area is 126 Å². The zero-order chi connectivity index (χ0) is 15.0. The van der Waals surface area contributed by atoms with Gasteiger partial charge in [-0.1, -0.05) is 45.0 Å². The van der Waals surface area contributed by atoms with Crippen molar-refractivity contribution < 1.29 is 0 Å². The van der Waals surface area contributed by atoms with Gasteiger partial charge in [0.2, 0.25) is 0 Å². The Kier molecular flexibility index (Phi) is 3.57. The van der Waals surface area contributed by atoms with E-state index in [1.165, 1.54) is 5.56 Å². The topological polar surface area (TPSA) is 56.7 Å². The first-order chi connectivity index (χ1) is 9.99. The van der Waals surface area contributed by atoms with Gasteiger partial charge in [-0.25, -0.2) is 9.67 Å². The fourth-order valence-corrected chi connectivity index (χ4v) is 2.90. The van der Waals surface area contributed by atoms with E-state index in [4.69, 9.17) is 15.8 Å². The molecule has 2 aromatic rings. The van der Waals surface area contributed by atoms with Crippen molar-refractivity contribution in [2.75, 3.05) is 6.54 Å². The molecule has 2 heterocycles. The number of nitrogens with two attached hydrogens (primary N) is 1. The summed E-state index contributed by atoms with van der Waals surface area (Å²) in [4.78, 5) is 4.71. The van der Waals surface area contributed by atoms with Crippen molar-refractivity contribution in [2.24, 2.45) is 5.73 Å². The van der Waals surface area contributed by atoms with Crippen LogP contribution >= 0.6 is 0 Å². The molecule has 0 fully saturated rings. The van der Waals surface area contributed by atoms with Gasteiger partial charge < -0.3 is 5.73 Å². The van der Waals surface area contributed by atoms with Crippen LogP contribution in [-0.2, 0) is 11.8 Å². The van der Waals surface area contributed by atoms with Crippen LogP contribution in [0.15, 0.2) is 24.3 Å². The first-order valence-corrected chi connectivity index (χ1v) is 7.75. The minimum absolute atomic E-state index is 0.171. The number of aryl methyl sites for hydroxylation is 1. The highest BCUT2D eigenvalue weighted by molar-refractivity contribution is 5.55. The van der Waals surface area contributed by atoms with Gasteiger partial charge in [-0.3, -0.25) is 0 Å². The summed E-state index contributed by atoms with van der Waals surface area (Å²) < 4.78 is 2.04. The maximum atomic E-state index is 5.85. The van der Waals surface area contributed by atoms with E-state index in [0.29, 0.717) is 12.6 Å². The highest BCUT2D eigenvalue weighted by Crippen LogP contribution is 2.27. The Hall–Kier alpha value is -1.68. The standard InChI is InChI=1S/C17H24N4/c1-17(2,3)13-9-7-12(8-10-13)16-19-15-6-4-5-14(11-18)21(15)20-16/h7-10,14H,4-6,11,18H2,1-3H3. The third-order valence-corrected chi connectivity index (χ3v) is 4.27. The molecular weight excluding hydrogens is 260 g/mol. The van der Waals surface area contributed by atoms with Crippen molar-refractivity contribution in [2.45, 2.75) is 51.5 Å². The quantitative estimate of drug-likeness (QED) is 0.922. The fourth-order valence-electron chi connectivity index (χ4n) is 2.90. The van der Waals surface area contributed by atoms with Gasteiger partial charge in [0.1, 0.15) is 5.82 Å². The van der Waals surface area contributed by atoms with E-state index in [1.807, 2.05) is 4.68 Å². The van der Waals surface area contributed by atoms with Gasteiger partial charge in [-0.15, -0.1) is 0 Å². The summed E-state index contributed by atoms with van der Waals surface area (Å²) in [6.45, 7) is 7.31. The molecule has 0 radical (unpaired) electrons. The second kappa shape index (κ2) is 5.26. The molecule has 0 saturated heterocycles. The number of nitrogens with zero attached hydrogens (tertiary/aromatic N) is 3. The summed E-state index contributed by atoms with van der Waals surface area (Å²) in [5, 5.41) is 4.69. The summed E-state index contributed by atoms with van der Waals surface area (Å²) in [5.41, 5.74) is 8.43. The lowest BCUT2D eigenvalue weighted by molar-refractivity contribution is 0.370. The van der Waals surface area contributed by atoms with E-state index in [1.54, 1.807) is 0 Å². The first kappa shape index (κ1) is 14.3. The number of benzene rings is 1. The van der Waals surface area contributed by atoms with Crippen molar-refractivity contribution in [1.82, 2.24) is 14.8 Å². The van der Waals surface area contributed by atoms with Crippen LogP contribution in [-0.4, -0.2) is 21.3 Å². The zero-order valence-electron chi connectivity index (χ0n) is 13.1. The van der Waals surface area contributed by atoms with Gasteiger partial charge in [-0.05, 0) is 23.8 Å². The Morgan fingerprint density at radius 2 is 1.95 bits per heavy atom. The fraction of sp³-hybridized carbons (Fsp3) is 0.529. The van der Waals surface area contributed by atoms with E-state index in [-0.39, 0.29) is 5.41 Å². The maximum absolute atomic E-state index is 5.85. The molecule has 4 heteroatoms. The lowest BCUT2D eigenvalue weighted by atomic mass is 9.87. The molecule has 2 N–H and O–H groups in total. The van der Waals surface area contributed by atoms with E-state index in [0.717, 1.165) is 36.5 Å². The average molecular weight is 284 g/mol. The lowest BCUT2D eigenvalue weighted by Crippen LogP contribution is -2.25. The van der Waals surface area contributed by atoms with E-state index < -0.39 is 0 Å². The van der Waals surface area contributed by atoms with Gasteiger partial charge in [-0.2, -0.15) is 5.10 Å². The molecule has 1 aliphatic rings. The second-order valence-electron chi connectivity index (χ2n) is 6.91. The second-order valence-corrected chi connectivity index (χ2v) is 6.91. The number of hydrogen-bond acceptors (Lipinski definition) is 3. The van der Waals surface area contributed by atoms with Crippen LogP contribution in [0, 0.1) is 0 Å². The van der Waals surface area contributed by atoms with E-state index in [2.05, 4.69) is 45.0 Å². The molecule has 1 aromatic carbocycles. The summed E-state index contributed by atoms with van der Waals surface area (Å²) in [6, 6.07) is 8.91. The maximum Gasteiger partial charge on any atom is 0.181 e. The number of aromatic nitrogens is 3. The minimum Gasteiger partial charge on any atom is -0.328 e. The van der Waals surface area contributed by atoms with Crippen LogP contribution in [0.5, 0.6) is 0 Å². The summed E-state index contributed by atoms with van der Waals surface area (Å²) >= 11 is 0. The van der Waals surface area contributed by atoms with E-state index >= 15 is 0 Å². The van der Waals surface area contributed by atoms with Gasteiger partial charge in [0.15, 0.2) is 5.82 Å². The monoisotopic (exact) mass is 284 g/mol. The molecule has 4 nitrogen and oxygen atoms in total. The van der Waals surface area contributed by atoms with Crippen LogP contribution in [0.1, 0.15) is 51.0 Å². The molecule has 1 aliphatic heterocycles. The molecule has 1 aromatic heterocycles. The van der Waals surface area contributed by atoms with Crippen molar-refractivity contribution in [3.8, 4) is 11.4 Å². The number of hydrogen-bond donors (Lipinski definition) is 1. The Morgan fingerprint density at radius 1 is 1.24 bits per heavy atom. The summed E-state index contributed by atoms with van der Waals surface area (Å²) in [7, 11) is 0. The molecule has 0 aliphatic carbocycles. The molecule has 0 spiro atoms. The number of fused-ring (bicyclic) bond motifs is 1. The minimum atomic E-state index is 0.171. The smallest absolute Gasteiger partial charge is 0.181 e. The SMILES string of the molecule is CC(C)(C)c1ccc(-c2nc3n(n2)C(CN)CCC3)cc1. The summed E-state index contributed by atoms with van der Waals surface area (Å²) in [6.07, 6.45) is 3.27. The molecule has 0 amide bonds. The molecular formula is C17H24N4. The van der Waals surface area contributed by atoms with Gasteiger partial charge >= 0.3 is 0 Å². The first-order valence-electron chi connectivity index (χ1n) is 7.75. The molecule has 0 saturated carbocycles. The third kappa shape index (κ3) is 2.72. The number of rotatable bonds is 2. The van der Waals surface area contributed by atoms with E-state index in [9.17, 15) is 0 Å². The predicted octanol–water partition coefficient (Wildman–Crippen LogP) is 3.08. The van der Waals surface area contributed by atoms with Crippen LogP contribution in [0.2, 0.25) is 0 Å². The zero-order valence-corrected chi connectivity index (χ0v) is 13.1. The molecule has 3 rings (SSSR count). The Balaban J connectivity index is 1.93. The molecule has 112 valence electrons. The van der Waals surface area contributed by atoms with Crippen LogP contribution in [0.4, 0.5) is 0 Å². The molecule has 0 bridgehead atoms. The van der Waals surface area contributed by atoms with Crippen molar-refractivity contribution in [1.29, 1.82) is 0 Å². The average Bonchev–Trinajstić information content (AvgIpc) is 2.90. The van der Waals surface area contributed by atoms with Crippen LogP contribution in [0.25, 0.3) is 11.4 Å². The molecule has 1 unspecified atom stereocenters. The van der Waals surface area contributed by atoms with Gasteiger partial charge in [0.25, 0.3) is 0 Å². The highest BCUT2D eigenvalue weighted by atomic mass is 15.4. The Bertz CT molecular complexity index is 619. The highest BCUT2D eigenvalue weighted by Gasteiger charge is 2.22. The van der Waals surface area contributed by atoms with Crippen LogP contribution in [0.3, 0.4) is 0 Å². The largest absolute Gasteiger partial charge is 0.328 e. The van der Waals surface area contributed by atoms with Gasteiger partial charge in [0, 0.05) is 18.5 Å². The summed E-state index contributed by atoms with van der Waals surface area (Å²) in [5.74, 6) is 1.90. The van der Waals surface area contributed by atoms with Gasteiger partial charge in [0.05, 0.1) is 6.04 Å². The van der Waals surface area contributed by atoms with Crippen LogP contribution < -0.4 is 5.73 Å². The molecule has 21 heavy (non-hydrogen) atoms. The molecule has 1 atom stereocenters. The van der Waals surface area contributed by atoms with Crippen molar-refractivity contribution in [3.63, 3.8) is 0 Å².